The third-order valence-electron chi connectivity index (χ3n) is 4.14. The summed E-state index contributed by atoms with van der Waals surface area (Å²) in [6, 6.07) is 1.20. The van der Waals surface area contributed by atoms with E-state index in [1.54, 1.807) is 6.92 Å². The third-order valence-corrected chi connectivity index (χ3v) is 4.14. The Hall–Kier alpha value is -1.48. The Labute approximate surface area is 133 Å². The van der Waals surface area contributed by atoms with Gasteiger partial charge in [0.05, 0.1) is 6.61 Å². The van der Waals surface area contributed by atoms with Gasteiger partial charge in [0.15, 0.2) is 5.72 Å². The highest BCUT2D eigenvalue weighted by molar-refractivity contribution is 5.00. The number of aromatic nitrogens is 2. The summed E-state index contributed by atoms with van der Waals surface area (Å²) in [5.74, 6) is 0. The van der Waals surface area contributed by atoms with Crippen molar-refractivity contribution in [2.75, 3.05) is 13.2 Å². The van der Waals surface area contributed by atoms with Crippen molar-refractivity contribution >= 4 is 0 Å². The second kappa shape index (κ2) is 7.39. The Morgan fingerprint density at radius 2 is 2.17 bits per heavy atom. The number of aliphatic hydroxyl groups is 2. The van der Waals surface area contributed by atoms with Crippen molar-refractivity contribution in [1.29, 1.82) is 0 Å². The molecule has 0 spiro atoms. The van der Waals surface area contributed by atoms with Gasteiger partial charge in [-0.3, -0.25) is 14.3 Å². The van der Waals surface area contributed by atoms with Crippen LogP contribution in [0, 0.1) is 0 Å². The number of unbranched alkanes of at least 4 members (excludes halogenated alkanes) is 2. The molecule has 23 heavy (non-hydrogen) atoms. The third kappa shape index (κ3) is 3.55. The molecule has 4 atom stereocenters. The Morgan fingerprint density at radius 3 is 2.78 bits per heavy atom. The van der Waals surface area contributed by atoms with Crippen LogP contribution in [0.1, 0.15) is 33.1 Å². The zero-order valence-electron chi connectivity index (χ0n) is 13.4. The molecule has 1 aromatic rings. The lowest BCUT2D eigenvalue weighted by atomic mass is 10.0. The smallest absolute Gasteiger partial charge is 0.330 e. The molecule has 8 nitrogen and oxygen atoms in total. The second-order valence-corrected chi connectivity index (χ2v) is 5.86. The van der Waals surface area contributed by atoms with Gasteiger partial charge in [-0.1, -0.05) is 19.8 Å². The van der Waals surface area contributed by atoms with Crippen LogP contribution >= 0.6 is 0 Å². The molecule has 1 aliphatic heterocycles. The van der Waals surface area contributed by atoms with E-state index in [1.165, 1.54) is 16.8 Å². The summed E-state index contributed by atoms with van der Waals surface area (Å²) in [4.78, 5) is 25.5. The van der Waals surface area contributed by atoms with Gasteiger partial charge in [0, 0.05) is 18.9 Å². The van der Waals surface area contributed by atoms with Crippen LogP contribution < -0.4 is 11.2 Å². The first-order valence-corrected chi connectivity index (χ1v) is 7.84. The van der Waals surface area contributed by atoms with E-state index in [1.807, 2.05) is 0 Å². The van der Waals surface area contributed by atoms with E-state index in [2.05, 4.69) is 11.9 Å². The van der Waals surface area contributed by atoms with Crippen LogP contribution in [0.15, 0.2) is 21.9 Å². The Morgan fingerprint density at radius 1 is 1.43 bits per heavy atom. The van der Waals surface area contributed by atoms with Gasteiger partial charge in [0.25, 0.3) is 5.56 Å². The summed E-state index contributed by atoms with van der Waals surface area (Å²) < 4.78 is 12.6. The number of ether oxygens (including phenoxy) is 2. The SMILES string of the molecule is CCCCCO[C@@H]1[C@H](O)[C@@H](CO)O[C@@]1(C)n1ccc(=O)[nH]c1=O. The maximum Gasteiger partial charge on any atom is 0.330 e. The van der Waals surface area contributed by atoms with Crippen LogP contribution in [0.3, 0.4) is 0 Å². The van der Waals surface area contributed by atoms with E-state index in [0.29, 0.717) is 6.61 Å². The minimum atomic E-state index is -1.32. The minimum Gasteiger partial charge on any atom is -0.394 e. The normalized spacial score (nSPS) is 30.7. The average Bonchev–Trinajstić information content (AvgIpc) is 2.75. The number of aromatic amines is 1. The van der Waals surface area contributed by atoms with E-state index >= 15 is 0 Å². The summed E-state index contributed by atoms with van der Waals surface area (Å²) >= 11 is 0. The van der Waals surface area contributed by atoms with E-state index in [9.17, 15) is 19.8 Å². The fraction of sp³-hybridized carbons (Fsp3) is 0.733. The first-order chi connectivity index (χ1) is 10.9. The van der Waals surface area contributed by atoms with E-state index in [0.717, 1.165) is 19.3 Å². The van der Waals surface area contributed by atoms with Gasteiger partial charge in [-0.2, -0.15) is 0 Å². The molecular weight excluding hydrogens is 304 g/mol. The molecule has 0 aromatic carbocycles. The van der Waals surface area contributed by atoms with Gasteiger partial charge in [0.2, 0.25) is 0 Å². The summed E-state index contributed by atoms with van der Waals surface area (Å²) in [5.41, 5.74) is -2.50. The van der Waals surface area contributed by atoms with Gasteiger partial charge in [-0.05, 0) is 13.3 Å². The van der Waals surface area contributed by atoms with Crippen molar-refractivity contribution in [2.45, 2.75) is 57.1 Å². The van der Waals surface area contributed by atoms with Crippen molar-refractivity contribution in [2.24, 2.45) is 0 Å². The summed E-state index contributed by atoms with van der Waals surface area (Å²) in [6.45, 7) is 3.67. The van der Waals surface area contributed by atoms with Crippen molar-refractivity contribution in [3.63, 3.8) is 0 Å². The number of nitrogens with zero attached hydrogens (tertiary/aromatic N) is 1. The predicted molar refractivity (Wildman–Crippen MR) is 82.2 cm³/mol. The molecule has 130 valence electrons. The number of nitrogens with one attached hydrogen (secondary N) is 1. The topological polar surface area (TPSA) is 114 Å². The average molecular weight is 328 g/mol. The molecule has 2 rings (SSSR count). The lowest BCUT2D eigenvalue weighted by Crippen LogP contribution is -2.50. The van der Waals surface area contributed by atoms with E-state index < -0.39 is 41.9 Å². The number of hydrogen-bond donors (Lipinski definition) is 3. The van der Waals surface area contributed by atoms with Crippen LogP contribution in [0.5, 0.6) is 0 Å². The maximum absolute atomic E-state index is 12.1. The largest absolute Gasteiger partial charge is 0.394 e. The van der Waals surface area contributed by atoms with E-state index in [4.69, 9.17) is 9.47 Å². The lowest BCUT2D eigenvalue weighted by Gasteiger charge is -2.32. The predicted octanol–water partition coefficient (Wildman–Crippen LogP) is -0.463. The molecule has 1 aromatic heterocycles. The Kier molecular flexibility index (Phi) is 5.74. The maximum atomic E-state index is 12.1. The summed E-state index contributed by atoms with van der Waals surface area (Å²) in [7, 11) is 0. The van der Waals surface area contributed by atoms with Crippen molar-refractivity contribution in [3.8, 4) is 0 Å². The first kappa shape index (κ1) is 17.9. The highest BCUT2D eigenvalue weighted by Gasteiger charge is 2.54. The van der Waals surface area contributed by atoms with Gasteiger partial charge in [-0.15, -0.1) is 0 Å². The molecule has 0 saturated carbocycles. The van der Waals surface area contributed by atoms with Crippen LogP contribution in [0.25, 0.3) is 0 Å². The first-order valence-electron chi connectivity index (χ1n) is 7.84. The Bertz CT molecular complexity index is 627. The lowest BCUT2D eigenvalue weighted by molar-refractivity contribution is -0.153. The molecule has 3 N–H and O–H groups in total. The van der Waals surface area contributed by atoms with Gasteiger partial charge >= 0.3 is 5.69 Å². The number of hydrogen-bond acceptors (Lipinski definition) is 6. The van der Waals surface area contributed by atoms with Gasteiger partial charge < -0.3 is 19.7 Å². The Balaban J connectivity index is 2.30. The zero-order chi connectivity index (χ0) is 17.0. The molecular formula is C15H24N2O6. The minimum absolute atomic E-state index is 0.399. The molecule has 0 aliphatic carbocycles. The fourth-order valence-electron chi connectivity index (χ4n) is 2.88. The quantitative estimate of drug-likeness (QED) is 0.584. The molecule has 1 aliphatic rings. The molecule has 2 heterocycles. The second-order valence-electron chi connectivity index (χ2n) is 5.86. The molecule has 0 radical (unpaired) electrons. The summed E-state index contributed by atoms with van der Waals surface area (Å²) in [5, 5.41) is 19.7. The highest BCUT2D eigenvalue weighted by Crippen LogP contribution is 2.36. The van der Waals surface area contributed by atoms with Crippen LogP contribution in [0.4, 0.5) is 0 Å². The van der Waals surface area contributed by atoms with E-state index in [-0.39, 0.29) is 0 Å². The van der Waals surface area contributed by atoms with Crippen LogP contribution in [-0.2, 0) is 15.2 Å². The number of aliphatic hydroxyl groups excluding tert-OH is 2. The highest BCUT2D eigenvalue weighted by atomic mass is 16.6. The van der Waals surface area contributed by atoms with Crippen LogP contribution in [0.2, 0.25) is 0 Å². The molecule has 1 saturated heterocycles. The zero-order valence-corrected chi connectivity index (χ0v) is 13.4. The molecule has 0 bridgehead atoms. The van der Waals surface area contributed by atoms with Gasteiger partial charge in [0.1, 0.15) is 18.3 Å². The van der Waals surface area contributed by atoms with Crippen LogP contribution in [-0.4, -0.2) is 51.3 Å². The standard InChI is InChI=1S/C15H24N2O6/c1-3-4-5-8-22-13-12(20)10(9-18)23-15(13,2)17-7-6-11(19)16-14(17)21/h6-7,10,12-13,18,20H,3-5,8-9H2,1-2H3,(H,16,19,21)/t10-,12-,13-,15-/m1/s1. The fourth-order valence-corrected chi connectivity index (χ4v) is 2.88. The number of H-pyrrole nitrogens is 1. The molecule has 1 fully saturated rings. The van der Waals surface area contributed by atoms with Crippen molar-refractivity contribution in [1.82, 2.24) is 9.55 Å². The summed E-state index contributed by atoms with van der Waals surface area (Å²) in [6.07, 6.45) is 1.36. The van der Waals surface area contributed by atoms with Crippen molar-refractivity contribution < 1.29 is 19.7 Å². The molecule has 0 unspecified atom stereocenters. The van der Waals surface area contributed by atoms with Crippen molar-refractivity contribution in [3.05, 3.63) is 33.1 Å². The number of rotatable bonds is 7. The monoisotopic (exact) mass is 328 g/mol. The molecule has 0 amide bonds. The molecule has 8 heteroatoms. The van der Waals surface area contributed by atoms with Gasteiger partial charge in [-0.25, -0.2) is 4.79 Å².